The zero-order chi connectivity index (χ0) is 13.9. The normalized spacial score (nSPS) is 32.7. The second-order valence-corrected chi connectivity index (χ2v) is 7.86. The van der Waals surface area contributed by atoms with E-state index < -0.39 is 0 Å². The van der Waals surface area contributed by atoms with E-state index in [1.54, 1.807) is 0 Å². The fraction of sp³-hybridized carbons (Fsp3) is 1.00. The summed E-state index contributed by atoms with van der Waals surface area (Å²) in [7, 11) is 2.25. The zero-order valence-corrected chi connectivity index (χ0v) is 13.5. The maximum atomic E-state index is 3.91. The van der Waals surface area contributed by atoms with Crippen molar-refractivity contribution in [3.8, 4) is 0 Å². The van der Waals surface area contributed by atoms with E-state index in [1.165, 1.54) is 58.2 Å². The highest BCUT2D eigenvalue weighted by Gasteiger charge is 2.30. The summed E-state index contributed by atoms with van der Waals surface area (Å²) in [6, 6.07) is 0.789. The van der Waals surface area contributed by atoms with Crippen LogP contribution in [0.15, 0.2) is 0 Å². The van der Waals surface area contributed by atoms with E-state index in [2.05, 4.69) is 38.0 Å². The van der Waals surface area contributed by atoms with Gasteiger partial charge in [-0.2, -0.15) is 0 Å². The third-order valence-electron chi connectivity index (χ3n) is 5.67. The van der Waals surface area contributed by atoms with Gasteiger partial charge in [-0.1, -0.05) is 33.6 Å². The van der Waals surface area contributed by atoms with Crippen LogP contribution in [0.1, 0.15) is 59.3 Å². The molecular weight excluding hydrogens is 232 g/mol. The van der Waals surface area contributed by atoms with Crippen molar-refractivity contribution >= 4 is 0 Å². The van der Waals surface area contributed by atoms with Crippen molar-refractivity contribution in [3.05, 3.63) is 0 Å². The predicted octanol–water partition coefficient (Wildman–Crippen LogP) is 3.52. The molecule has 1 aliphatic carbocycles. The molecule has 2 fully saturated rings. The van der Waals surface area contributed by atoms with Crippen molar-refractivity contribution in [1.29, 1.82) is 0 Å². The van der Waals surface area contributed by atoms with E-state index in [0.717, 1.165) is 17.9 Å². The number of hydrogen-bond donors (Lipinski definition) is 1. The Balaban J connectivity index is 1.75. The summed E-state index contributed by atoms with van der Waals surface area (Å²) in [6.45, 7) is 11.1. The van der Waals surface area contributed by atoms with Gasteiger partial charge in [0.15, 0.2) is 0 Å². The number of nitrogens with one attached hydrogen (secondary N) is 1. The van der Waals surface area contributed by atoms with Crippen LogP contribution in [0.2, 0.25) is 0 Å². The van der Waals surface area contributed by atoms with Crippen LogP contribution in [-0.2, 0) is 0 Å². The topological polar surface area (TPSA) is 15.3 Å². The maximum absolute atomic E-state index is 3.91. The van der Waals surface area contributed by atoms with Crippen LogP contribution in [0.3, 0.4) is 0 Å². The number of rotatable bonds is 4. The van der Waals surface area contributed by atoms with Gasteiger partial charge in [-0.3, -0.25) is 0 Å². The average Bonchev–Trinajstić information content (AvgIpc) is 2.41. The lowest BCUT2D eigenvalue weighted by molar-refractivity contribution is 0.125. The van der Waals surface area contributed by atoms with Gasteiger partial charge in [-0.25, -0.2) is 0 Å². The molecule has 112 valence electrons. The Morgan fingerprint density at radius 1 is 1.21 bits per heavy atom. The smallest absolute Gasteiger partial charge is 0.00700 e. The van der Waals surface area contributed by atoms with Crippen LogP contribution in [0.25, 0.3) is 0 Å². The Hall–Kier alpha value is -0.0800. The number of likely N-dealkylation sites (tertiary alicyclic amines) is 1. The first-order chi connectivity index (χ1) is 8.98. The van der Waals surface area contributed by atoms with Crippen molar-refractivity contribution in [2.45, 2.75) is 65.3 Å². The van der Waals surface area contributed by atoms with E-state index in [9.17, 15) is 0 Å². The Morgan fingerprint density at radius 3 is 2.53 bits per heavy atom. The van der Waals surface area contributed by atoms with E-state index in [-0.39, 0.29) is 0 Å². The van der Waals surface area contributed by atoms with Gasteiger partial charge in [0.25, 0.3) is 0 Å². The minimum Gasteiger partial charge on any atom is -0.313 e. The lowest BCUT2D eigenvalue weighted by Gasteiger charge is -2.40. The molecule has 0 aromatic heterocycles. The van der Waals surface area contributed by atoms with Crippen molar-refractivity contribution in [2.75, 3.05) is 26.7 Å². The van der Waals surface area contributed by atoms with Gasteiger partial charge in [0, 0.05) is 12.6 Å². The predicted molar refractivity (Wildman–Crippen MR) is 83.4 cm³/mol. The summed E-state index contributed by atoms with van der Waals surface area (Å²) < 4.78 is 0. The molecule has 0 amide bonds. The molecule has 0 radical (unpaired) electrons. The van der Waals surface area contributed by atoms with Crippen LogP contribution < -0.4 is 5.32 Å². The summed E-state index contributed by atoms with van der Waals surface area (Å²) in [5, 5.41) is 3.91. The number of hydrogen-bond acceptors (Lipinski definition) is 2. The van der Waals surface area contributed by atoms with E-state index >= 15 is 0 Å². The van der Waals surface area contributed by atoms with Gasteiger partial charge < -0.3 is 10.2 Å². The SMILES string of the molecule is CC(C)C1CCCC(NCC2(C)CCN(C)CC2)C1. The quantitative estimate of drug-likeness (QED) is 0.837. The van der Waals surface area contributed by atoms with Gasteiger partial charge in [-0.05, 0) is 63.1 Å². The minimum atomic E-state index is 0.539. The number of nitrogens with zero attached hydrogens (tertiary/aromatic N) is 1. The molecule has 19 heavy (non-hydrogen) atoms. The van der Waals surface area contributed by atoms with E-state index in [1.807, 2.05) is 0 Å². The Bertz CT molecular complexity index is 266. The average molecular weight is 266 g/mol. The fourth-order valence-corrected chi connectivity index (χ4v) is 3.74. The van der Waals surface area contributed by atoms with Gasteiger partial charge in [0.1, 0.15) is 0 Å². The summed E-state index contributed by atoms with van der Waals surface area (Å²) in [6.07, 6.45) is 8.42. The van der Waals surface area contributed by atoms with Crippen LogP contribution in [0.4, 0.5) is 0 Å². The Morgan fingerprint density at radius 2 is 1.89 bits per heavy atom. The van der Waals surface area contributed by atoms with Crippen LogP contribution in [-0.4, -0.2) is 37.6 Å². The zero-order valence-electron chi connectivity index (χ0n) is 13.5. The molecule has 1 saturated heterocycles. The summed E-state index contributed by atoms with van der Waals surface area (Å²) in [4.78, 5) is 2.47. The van der Waals surface area contributed by atoms with Crippen molar-refractivity contribution in [3.63, 3.8) is 0 Å². The fourth-order valence-electron chi connectivity index (χ4n) is 3.74. The molecule has 0 spiro atoms. The van der Waals surface area contributed by atoms with E-state index in [0.29, 0.717) is 5.41 Å². The van der Waals surface area contributed by atoms with Crippen LogP contribution in [0, 0.1) is 17.3 Å². The maximum Gasteiger partial charge on any atom is 0.00700 e. The molecule has 2 rings (SSSR count). The molecule has 2 unspecified atom stereocenters. The molecule has 1 N–H and O–H groups in total. The standard InChI is InChI=1S/C17H34N2/c1-14(2)15-6-5-7-16(12-15)18-13-17(3)8-10-19(4)11-9-17/h14-16,18H,5-13H2,1-4H3. The van der Waals surface area contributed by atoms with Gasteiger partial charge in [0.05, 0.1) is 0 Å². The molecule has 2 nitrogen and oxygen atoms in total. The summed E-state index contributed by atoms with van der Waals surface area (Å²) in [5.74, 6) is 1.82. The third-order valence-corrected chi connectivity index (χ3v) is 5.67. The van der Waals surface area contributed by atoms with Crippen molar-refractivity contribution in [2.24, 2.45) is 17.3 Å². The second kappa shape index (κ2) is 6.58. The molecule has 1 saturated carbocycles. The highest BCUT2D eigenvalue weighted by Crippen LogP contribution is 2.32. The molecule has 0 aromatic carbocycles. The van der Waals surface area contributed by atoms with Gasteiger partial charge in [0.2, 0.25) is 0 Å². The van der Waals surface area contributed by atoms with Gasteiger partial charge >= 0.3 is 0 Å². The molecule has 2 atom stereocenters. The molecular formula is C17H34N2. The lowest BCUT2D eigenvalue weighted by Crippen LogP contribution is -2.45. The summed E-state index contributed by atoms with van der Waals surface area (Å²) >= 11 is 0. The Labute approximate surface area is 120 Å². The highest BCUT2D eigenvalue weighted by molar-refractivity contribution is 4.86. The second-order valence-electron chi connectivity index (χ2n) is 7.86. The molecule has 0 aromatic rings. The monoisotopic (exact) mass is 266 g/mol. The first kappa shape index (κ1) is 15.3. The molecule has 2 heteroatoms. The van der Waals surface area contributed by atoms with Crippen molar-refractivity contribution in [1.82, 2.24) is 10.2 Å². The van der Waals surface area contributed by atoms with Crippen LogP contribution >= 0.6 is 0 Å². The molecule has 2 aliphatic rings. The largest absolute Gasteiger partial charge is 0.313 e. The highest BCUT2D eigenvalue weighted by atomic mass is 15.1. The van der Waals surface area contributed by atoms with Crippen LogP contribution in [0.5, 0.6) is 0 Å². The first-order valence-corrected chi connectivity index (χ1v) is 8.40. The summed E-state index contributed by atoms with van der Waals surface area (Å²) in [5.41, 5.74) is 0.539. The molecule has 1 aliphatic heterocycles. The number of piperidine rings is 1. The molecule has 1 heterocycles. The first-order valence-electron chi connectivity index (χ1n) is 8.40. The van der Waals surface area contributed by atoms with Gasteiger partial charge in [-0.15, -0.1) is 0 Å². The van der Waals surface area contributed by atoms with E-state index in [4.69, 9.17) is 0 Å². The van der Waals surface area contributed by atoms with Crippen molar-refractivity contribution < 1.29 is 0 Å². The molecule has 0 bridgehead atoms. The lowest BCUT2D eigenvalue weighted by atomic mass is 9.77. The Kier molecular flexibility index (Phi) is 5.30. The third kappa shape index (κ3) is 4.46. The minimum absolute atomic E-state index is 0.539.